The van der Waals surface area contributed by atoms with Gasteiger partial charge in [0, 0.05) is 37.3 Å². The molecule has 0 saturated carbocycles. The second kappa shape index (κ2) is 7.46. The number of hydrogen-bond acceptors (Lipinski definition) is 5. The van der Waals surface area contributed by atoms with Crippen molar-refractivity contribution in [2.24, 2.45) is 0 Å². The van der Waals surface area contributed by atoms with E-state index < -0.39 is 11.0 Å². The molecule has 2 aromatic rings. The standard InChI is InChI=1S/C22H28N2O5/c1-12-13(2)20-16(14(3)18(12)26)6-8-22(5,29-20)21(28)23-9-11-24-10-7-17(25)19(27)15(24)4/h7,10,26-27H,6,8-9,11H2,1-5H3,(H,23,28). The third-order valence-corrected chi connectivity index (χ3v) is 6.05. The van der Waals surface area contributed by atoms with E-state index in [2.05, 4.69) is 5.32 Å². The summed E-state index contributed by atoms with van der Waals surface area (Å²) in [7, 11) is 0. The molecule has 7 nitrogen and oxygen atoms in total. The van der Waals surface area contributed by atoms with Gasteiger partial charge >= 0.3 is 0 Å². The minimum Gasteiger partial charge on any atom is -0.507 e. The molecule has 1 aromatic carbocycles. The number of benzene rings is 1. The largest absolute Gasteiger partial charge is 0.507 e. The van der Waals surface area contributed by atoms with Gasteiger partial charge in [-0.3, -0.25) is 9.59 Å². The summed E-state index contributed by atoms with van der Waals surface area (Å²) < 4.78 is 7.90. The first-order valence-corrected chi connectivity index (χ1v) is 9.74. The van der Waals surface area contributed by atoms with Gasteiger partial charge in [0.05, 0.1) is 5.69 Å². The number of rotatable bonds is 4. The summed E-state index contributed by atoms with van der Waals surface area (Å²) in [5, 5.41) is 23.0. The van der Waals surface area contributed by atoms with E-state index in [4.69, 9.17) is 4.74 Å². The predicted molar refractivity (Wildman–Crippen MR) is 110 cm³/mol. The van der Waals surface area contributed by atoms with Crippen molar-refractivity contribution < 1.29 is 19.7 Å². The first-order chi connectivity index (χ1) is 13.6. The van der Waals surface area contributed by atoms with Gasteiger partial charge < -0.3 is 24.8 Å². The Morgan fingerprint density at radius 3 is 2.55 bits per heavy atom. The Morgan fingerprint density at radius 1 is 1.17 bits per heavy atom. The number of phenolic OH excluding ortho intramolecular Hbond substituents is 1. The Kier molecular flexibility index (Phi) is 5.34. The van der Waals surface area contributed by atoms with E-state index in [0.717, 1.165) is 22.3 Å². The minimum atomic E-state index is -1.01. The van der Waals surface area contributed by atoms with Crippen molar-refractivity contribution >= 4 is 5.91 Å². The monoisotopic (exact) mass is 400 g/mol. The van der Waals surface area contributed by atoms with Gasteiger partial charge in [-0.15, -0.1) is 0 Å². The molecule has 0 fully saturated rings. The molecule has 0 aliphatic carbocycles. The third-order valence-electron chi connectivity index (χ3n) is 6.05. The quantitative estimate of drug-likeness (QED) is 0.732. The SMILES string of the molecule is Cc1c(C)c2c(c(C)c1O)CCC(C)(C(=O)NCCn1ccc(=O)c(O)c1C)O2. The van der Waals surface area contributed by atoms with Crippen molar-refractivity contribution in [3.8, 4) is 17.2 Å². The van der Waals surface area contributed by atoms with Crippen molar-refractivity contribution in [3.05, 3.63) is 50.4 Å². The van der Waals surface area contributed by atoms with Gasteiger partial charge in [-0.2, -0.15) is 0 Å². The Balaban J connectivity index is 1.73. The van der Waals surface area contributed by atoms with E-state index in [1.54, 1.807) is 24.6 Å². The second-order valence-corrected chi connectivity index (χ2v) is 7.93. The maximum absolute atomic E-state index is 12.9. The molecule has 7 heteroatoms. The predicted octanol–water partition coefficient (Wildman–Crippen LogP) is 2.39. The molecule has 1 atom stereocenters. The van der Waals surface area contributed by atoms with E-state index in [1.807, 2.05) is 20.8 Å². The zero-order valence-corrected chi connectivity index (χ0v) is 17.5. The number of ether oxygens (including phenoxy) is 1. The Labute approximate surface area is 170 Å². The fourth-order valence-electron chi connectivity index (χ4n) is 3.79. The lowest BCUT2D eigenvalue weighted by Gasteiger charge is -2.36. The molecule has 0 bridgehead atoms. The first-order valence-electron chi connectivity index (χ1n) is 9.74. The van der Waals surface area contributed by atoms with Crippen LogP contribution in [-0.2, 0) is 17.8 Å². The number of fused-ring (bicyclic) bond motifs is 1. The van der Waals surface area contributed by atoms with Gasteiger partial charge in [0.25, 0.3) is 5.91 Å². The van der Waals surface area contributed by atoms with Gasteiger partial charge in [0.15, 0.2) is 11.4 Å². The Morgan fingerprint density at radius 2 is 1.86 bits per heavy atom. The molecule has 29 heavy (non-hydrogen) atoms. The van der Waals surface area contributed by atoms with Crippen molar-refractivity contribution in [2.45, 2.75) is 59.6 Å². The van der Waals surface area contributed by atoms with Crippen molar-refractivity contribution in [1.82, 2.24) is 9.88 Å². The summed E-state index contributed by atoms with van der Waals surface area (Å²) in [6.45, 7) is 9.79. The molecule has 1 amide bonds. The van der Waals surface area contributed by atoms with Crippen molar-refractivity contribution in [1.29, 1.82) is 0 Å². The molecule has 1 aliphatic rings. The summed E-state index contributed by atoms with van der Waals surface area (Å²) in [5.74, 6) is 0.483. The molecule has 1 aliphatic heterocycles. The number of nitrogens with zero attached hydrogens (tertiary/aromatic N) is 1. The number of aromatic nitrogens is 1. The van der Waals surface area contributed by atoms with Crippen molar-refractivity contribution in [3.63, 3.8) is 0 Å². The van der Waals surface area contributed by atoms with Crippen LogP contribution in [0.4, 0.5) is 0 Å². The highest BCUT2D eigenvalue weighted by molar-refractivity contribution is 5.85. The van der Waals surface area contributed by atoms with Crippen LogP contribution in [0, 0.1) is 27.7 Å². The summed E-state index contributed by atoms with van der Waals surface area (Å²) >= 11 is 0. The number of aromatic hydroxyl groups is 2. The smallest absolute Gasteiger partial charge is 0.263 e. The van der Waals surface area contributed by atoms with E-state index in [0.29, 0.717) is 37.4 Å². The molecule has 0 spiro atoms. The van der Waals surface area contributed by atoms with Crippen molar-refractivity contribution in [2.75, 3.05) is 6.54 Å². The highest BCUT2D eigenvalue weighted by atomic mass is 16.5. The van der Waals surface area contributed by atoms with Gasteiger partial charge in [-0.05, 0) is 57.7 Å². The summed E-state index contributed by atoms with van der Waals surface area (Å²) in [6.07, 6.45) is 2.75. The first kappa shape index (κ1) is 20.8. The zero-order chi connectivity index (χ0) is 21.5. The Hall–Kier alpha value is -2.96. The zero-order valence-electron chi connectivity index (χ0n) is 17.5. The normalized spacial score (nSPS) is 18.1. The Bertz CT molecular complexity index is 1040. The number of carbonyl (C=O) groups excluding carboxylic acids is 1. The third kappa shape index (κ3) is 3.57. The highest BCUT2D eigenvalue weighted by Gasteiger charge is 2.40. The van der Waals surface area contributed by atoms with Gasteiger partial charge in [-0.1, -0.05) is 0 Å². The molecule has 1 aromatic heterocycles. The van der Waals surface area contributed by atoms with Crippen LogP contribution in [0.3, 0.4) is 0 Å². The molecule has 3 rings (SSSR count). The topological polar surface area (TPSA) is 101 Å². The summed E-state index contributed by atoms with van der Waals surface area (Å²) in [6, 6.07) is 1.30. The molecule has 0 radical (unpaired) electrons. The summed E-state index contributed by atoms with van der Waals surface area (Å²) in [5.41, 5.74) is 2.41. The van der Waals surface area contributed by atoms with Crippen LogP contribution < -0.4 is 15.5 Å². The molecular weight excluding hydrogens is 372 g/mol. The van der Waals surface area contributed by atoms with E-state index in [9.17, 15) is 19.8 Å². The number of pyridine rings is 1. The molecule has 156 valence electrons. The molecule has 1 unspecified atom stereocenters. The van der Waals surface area contributed by atoms with Crippen LogP contribution in [0.2, 0.25) is 0 Å². The van der Waals surface area contributed by atoms with Crippen LogP contribution in [0.15, 0.2) is 17.1 Å². The minimum absolute atomic E-state index is 0.214. The van der Waals surface area contributed by atoms with Crippen LogP contribution in [0.25, 0.3) is 0 Å². The molecule has 3 N–H and O–H groups in total. The number of amides is 1. The lowest BCUT2D eigenvalue weighted by atomic mass is 9.86. The fourth-order valence-corrected chi connectivity index (χ4v) is 3.79. The number of hydrogen-bond donors (Lipinski definition) is 3. The van der Waals surface area contributed by atoms with Gasteiger partial charge in [0.2, 0.25) is 5.43 Å². The maximum atomic E-state index is 12.9. The lowest BCUT2D eigenvalue weighted by molar-refractivity contribution is -0.136. The molecular formula is C22H28N2O5. The lowest BCUT2D eigenvalue weighted by Crippen LogP contribution is -2.51. The summed E-state index contributed by atoms with van der Waals surface area (Å²) in [4.78, 5) is 24.3. The van der Waals surface area contributed by atoms with Crippen LogP contribution >= 0.6 is 0 Å². The fraction of sp³-hybridized carbons (Fsp3) is 0.455. The average molecular weight is 400 g/mol. The maximum Gasteiger partial charge on any atom is 0.263 e. The highest BCUT2D eigenvalue weighted by Crippen LogP contribution is 2.43. The van der Waals surface area contributed by atoms with Gasteiger partial charge in [-0.25, -0.2) is 0 Å². The van der Waals surface area contributed by atoms with Crippen LogP contribution in [0.5, 0.6) is 17.2 Å². The van der Waals surface area contributed by atoms with Gasteiger partial charge in [0.1, 0.15) is 11.5 Å². The van der Waals surface area contributed by atoms with Crippen LogP contribution in [0.1, 0.15) is 41.3 Å². The van der Waals surface area contributed by atoms with E-state index >= 15 is 0 Å². The molecule has 2 heterocycles. The van der Waals surface area contributed by atoms with E-state index in [-0.39, 0.29) is 17.4 Å². The molecule has 0 saturated heterocycles. The second-order valence-electron chi connectivity index (χ2n) is 7.93. The average Bonchev–Trinajstić information content (AvgIpc) is 2.70. The van der Waals surface area contributed by atoms with E-state index in [1.165, 1.54) is 6.07 Å². The number of carbonyl (C=O) groups is 1. The van der Waals surface area contributed by atoms with Crippen LogP contribution in [-0.4, -0.2) is 32.8 Å². The number of phenols is 1. The number of nitrogens with one attached hydrogen (secondary N) is 1.